The van der Waals surface area contributed by atoms with Gasteiger partial charge in [0.25, 0.3) is 0 Å². The Balaban J connectivity index is 1.52. The highest BCUT2D eigenvalue weighted by Gasteiger charge is 2.27. The van der Waals surface area contributed by atoms with Crippen LogP contribution >= 0.6 is 0 Å². The molecule has 1 aliphatic heterocycles. The highest BCUT2D eigenvalue weighted by atomic mass is 16.5. The zero-order valence-electron chi connectivity index (χ0n) is 15.7. The van der Waals surface area contributed by atoms with E-state index in [2.05, 4.69) is 11.4 Å². The Labute approximate surface area is 154 Å². The lowest BCUT2D eigenvalue weighted by Gasteiger charge is -2.13. The Bertz CT molecular complexity index is 641. The summed E-state index contributed by atoms with van der Waals surface area (Å²) in [6, 6.07) is 6.13. The van der Waals surface area contributed by atoms with E-state index in [4.69, 9.17) is 4.74 Å². The molecular formula is C20H28N2O4. The van der Waals surface area contributed by atoms with Gasteiger partial charge in [0.1, 0.15) is 5.75 Å². The van der Waals surface area contributed by atoms with Crippen LogP contribution in [0.4, 0.5) is 0 Å². The van der Waals surface area contributed by atoms with Crippen LogP contribution in [-0.2, 0) is 14.4 Å². The molecule has 0 spiro atoms. The normalized spacial score (nSPS) is 14.0. The van der Waals surface area contributed by atoms with Crippen molar-refractivity contribution in [2.24, 2.45) is 0 Å². The number of aryl methyl sites for hydroxylation is 2. The second-order valence-corrected chi connectivity index (χ2v) is 6.72. The van der Waals surface area contributed by atoms with Gasteiger partial charge in [-0.2, -0.15) is 0 Å². The fraction of sp³-hybridized carbons (Fsp3) is 0.550. The predicted molar refractivity (Wildman–Crippen MR) is 98.8 cm³/mol. The zero-order valence-corrected chi connectivity index (χ0v) is 15.7. The van der Waals surface area contributed by atoms with Crippen LogP contribution in [0.2, 0.25) is 0 Å². The van der Waals surface area contributed by atoms with Crippen molar-refractivity contribution in [3.8, 4) is 5.75 Å². The third kappa shape index (κ3) is 6.17. The molecule has 0 unspecified atom stereocenters. The van der Waals surface area contributed by atoms with E-state index in [1.165, 1.54) is 10.5 Å². The minimum atomic E-state index is -0.106. The molecule has 0 radical (unpaired) electrons. The number of hydrogen-bond donors (Lipinski definition) is 1. The van der Waals surface area contributed by atoms with Crippen LogP contribution in [0.1, 0.15) is 49.7 Å². The van der Waals surface area contributed by atoms with Gasteiger partial charge in [-0.1, -0.05) is 12.1 Å². The molecule has 0 aliphatic carbocycles. The van der Waals surface area contributed by atoms with Crippen LogP contribution in [0.25, 0.3) is 0 Å². The molecule has 0 bridgehead atoms. The second-order valence-electron chi connectivity index (χ2n) is 6.72. The van der Waals surface area contributed by atoms with E-state index in [-0.39, 0.29) is 17.7 Å². The highest BCUT2D eigenvalue weighted by molar-refractivity contribution is 6.01. The van der Waals surface area contributed by atoms with Gasteiger partial charge in [-0.05, 0) is 50.3 Å². The number of hydrogen-bond acceptors (Lipinski definition) is 4. The van der Waals surface area contributed by atoms with Crippen molar-refractivity contribution in [1.29, 1.82) is 0 Å². The van der Waals surface area contributed by atoms with Gasteiger partial charge in [-0.3, -0.25) is 19.3 Å². The molecule has 6 heteroatoms. The van der Waals surface area contributed by atoms with E-state index in [0.29, 0.717) is 45.4 Å². The van der Waals surface area contributed by atoms with Crippen molar-refractivity contribution < 1.29 is 19.1 Å². The molecule has 26 heavy (non-hydrogen) atoms. The smallest absolute Gasteiger partial charge is 0.229 e. The molecule has 1 heterocycles. The summed E-state index contributed by atoms with van der Waals surface area (Å²) in [6.07, 6.45) is 3.26. The topological polar surface area (TPSA) is 75.7 Å². The summed E-state index contributed by atoms with van der Waals surface area (Å²) < 4.78 is 5.77. The van der Waals surface area contributed by atoms with Crippen molar-refractivity contribution in [1.82, 2.24) is 10.2 Å². The van der Waals surface area contributed by atoms with Gasteiger partial charge in [-0.15, -0.1) is 0 Å². The lowest BCUT2D eigenvalue weighted by Crippen LogP contribution is -2.33. The number of nitrogens with zero attached hydrogens (tertiary/aromatic N) is 1. The summed E-state index contributed by atoms with van der Waals surface area (Å²) in [4.78, 5) is 36.0. The SMILES string of the molecule is Cc1ccc(C)c(OCCCCC(=O)NCCCN2C(=O)CCC2=O)c1. The fourth-order valence-electron chi connectivity index (χ4n) is 2.86. The van der Waals surface area contributed by atoms with Crippen LogP contribution in [0.15, 0.2) is 18.2 Å². The molecule has 2 rings (SSSR count). The number of likely N-dealkylation sites (tertiary alicyclic amines) is 1. The van der Waals surface area contributed by atoms with Crippen molar-refractivity contribution >= 4 is 17.7 Å². The maximum Gasteiger partial charge on any atom is 0.229 e. The first-order valence-corrected chi connectivity index (χ1v) is 9.27. The van der Waals surface area contributed by atoms with Gasteiger partial charge < -0.3 is 10.1 Å². The summed E-state index contributed by atoms with van der Waals surface area (Å²) in [7, 11) is 0. The molecule has 1 fully saturated rings. The Morgan fingerprint density at radius 3 is 2.58 bits per heavy atom. The van der Waals surface area contributed by atoms with Crippen molar-refractivity contribution in [2.75, 3.05) is 19.7 Å². The number of carbonyl (C=O) groups excluding carboxylic acids is 3. The third-order valence-corrected chi connectivity index (χ3v) is 4.43. The number of unbranched alkanes of at least 4 members (excludes halogenated alkanes) is 1. The Morgan fingerprint density at radius 1 is 1.12 bits per heavy atom. The van der Waals surface area contributed by atoms with Gasteiger partial charge in [0, 0.05) is 32.4 Å². The maximum atomic E-state index is 11.8. The summed E-state index contributed by atoms with van der Waals surface area (Å²) >= 11 is 0. The van der Waals surface area contributed by atoms with E-state index in [1.807, 2.05) is 26.0 Å². The molecule has 1 aliphatic rings. The van der Waals surface area contributed by atoms with Gasteiger partial charge in [-0.25, -0.2) is 0 Å². The average molecular weight is 360 g/mol. The first-order valence-electron chi connectivity index (χ1n) is 9.27. The van der Waals surface area contributed by atoms with E-state index >= 15 is 0 Å². The number of nitrogens with one attached hydrogen (secondary N) is 1. The first kappa shape index (κ1) is 19.9. The molecule has 1 saturated heterocycles. The van der Waals surface area contributed by atoms with Crippen LogP contribution in [0, 0.1) is 13.8 Å². The third-order valence-electron chi connectivity index (χ3n) is 4.43. The lowest BCUT2D eigenvalue weighted by atomic mass is 10.1. The molecule has 0 aromatic heterocycles. The Kier molecular flexibility index (Phi) is 7.63. The number of rotatable bonds is 10. The van der Waals surface area contributed by atoms with Gasteiger partial charge in [0.05, 0.1) is 6.61 Å². The standard InChI is InChI=1S/C20H28N2O4/c1-15-7-8-16(2)17(14-15)26-13-4-3-6-18(23)21-11-5-12-22-19(24)9-10-20(22)25/h7-8,14H,3-6,9-13H2,1-2H3,(H,21,23). The van der Waals surface area contributed by atoms with Crippen LogP contribution in [0.5, 0.6) is 5.75 Å². The molecule has 0 saturated carbocycles. The Morgan fingerprint density at radius 2 is 1.85 bits per heavy atom. The minimum Gasteiger partial charge on any atom is -0.493 e. The van der Waals surface area contributed by atoms with Crippen molar-refractivity contribution in [3.05, 3.63) is 29.3 Å². The first-order chi connectivity index (χ1) is 12.5. The van der Waals surface area contributed by atoms with Crippen molar-refractivity contribution in [2.45, 2.75) is 52.4 Å². The number of imide groups is 1. The number of benzene rings is 1. The van der Waals surface area contributed by atoms with E-state index in [9.17, 15) is 14.4 Å². The largest absolute Gasteiger partial charge is 0.493 e. The van der Waals surface area contributed by atoms with Crippen LogP contribution < -0.4 is 10.1 Å². The lowest BCUT2D eigenvalue weighted by molar-refractivity contribution is -0.138. The second kappa shape index (κ2) is 9.94. The Hall–Kier alpha value is -2.37. The molecule has 1 aromatic carbocycles. The van der Waals surface area contributed by atoms with E-state index in [0.717, 1.165) is 24.2 Å². The molecular weight excluding hydrogens is 332 g/mol. The summed E-state index contributed by atoms with van der Waals surface area (Å²) in [5, 5.41) is 2.83. The predicted octanol–water partition coefficient (Wildman–Crippen LogP) is 2.51. The number of amides is 3. The van der Waals surface area contributed by atoms with Crippen molar-refractivity contribution in [3.63, 3.8) is 0 Å². The van der Waals surface area contributed by atoms with Gasteiger partial charge in [0.2, 0.25) is 17.7 Å². The monoisotopic (exact) mass is 360 g/mol. The van der Waals surface area contributed by atoms with E-state index < -0.39 is 0 Å². The quantitative estimate of drug-likeness (QED) is 0.514. The summed E-state index contributed by atoms with van der Waals surface area (Å²) in [5.74, 6) is 0.687. The van der Waals surface area contributed by atoms with Crippen LogP contribution in [-0.4, -0.2) is 42.3 Å². The summed E-state index contributed by atoms with van der Waals surface area (Å²) in [6.45, 7) is 5.52. The number of ether oxygens (including phenoxy) is 1. The molecule has 142 valence electrons. The molecule has 3 amide bonds. The maximum absolute atomic E-state index is 11.8. The zero-order chi connectivity index (χ0) is 18.9. The van der Waals surface area contributed by atoms with Gasteiger partial charge >= 0.3 is 0 Å². The van der Waals surface area contributed by atoms with Gasteiger partial charge in [0.15, 0.2) is 0 Å². The molecule has 1 aromatic rings. The minimum absolute atomic E-state index is 0.00388. The van der Waals surface area contributed by atoms with Crippen LogP contribution in [0.3, 0.4) is 0 Å². The molecule has 0 atom stereocenters. The number of carbonyl (C=O) groups is 3. The van der Waals surface area contributed by atoms with E-state index in [1.54, 1.807) is 0 Å². The fourth-order valence-corrected chi connectivity index (χ4v) is 2.86. The highest BCUT2D eigenvalue weighted by Crippen LogP contribution is 2.19. The summed E-state index contributed by atoms with van der Waals surface area (Å²) in [5.41, 5.74) is 2.28. The molecule has 6 nitrogen and oxygen atoms in total. The molecule has 1 N–H and O–H groups in total. The average Bonchev–Trinajstić information content (AvgIpc) is 2.93.